The third-order valence-corrected chi connectivity index (χ3v) is 3.29. The van der Waals surface area contributed by atoms with Gasteiger partial charge in [0.05, 0.1) is 7.11 Å². The molecule has 104 valence electrons. The molecule has 0 saturated heterocycles. The van der Waals surface area contributed by atoms with E-state index in [9.17, 15) is 9.18 Å². The number of carbonyl (C=O) groups is 1. The van der Waals surface area contributed by atoms with E-state index in [4.69, 9.17) is 22.1 Å². The quantitative estimate of drug-likeness (QED) is 0.693. The average molecular weight is 294 g/mol. The highest BCUT2D eigenvalue weighted by atomic mass is 35.5. The van der Waals surface area contributed by atoms with Crippen molar-refractivity contribution in [3.05, 3.63) is 58.4 Å². The van der Waals surface area contributed by atoms with Gasteiger partial charge in [-0.25, -0.2) is 4.39 Å². The Balaban J connectivity index is 2.30. The highest BCUT2D eigenvalue weighted by Crippen LogP contribution is 2.23. The minimum atomic E-state index is -0.434. The maximum absolute atomic E-state index is 13.2. The average Bonchev–Trinajstić information content (AvgIpc) is 2.43. The Morgan fingerprint density at radius 3 is 2.75 bits per heavy atom. The number of hydrogen-bond donors (Lipinski definition) is 1. The maximum Gasteiger partial charge on any atom is 0.169 e. The summed E-state index contributed by atoms with van der Waals surface area (Å²) in [5.74, 6) is -0.141. The lowest BCUT2D eigenvalue weighted by Gasteiger charge is -2.08. The summed E-state index contributed by atoms with van der Waals surface area (Å²) < 4.78 is 18.2. The van der Waals surface area contributed by atoms with Gasteiger partial charge >= 0.3 is 0 Å². The SMILES string of the molecule is COc1ccc(N)c(C(=O)Cc2cc(F)ccc2Cl)c1. The first-order valence-corrected chi connectivity index (χ1v) is 6.29. The number of Topliss-reactive ketones (excluding diaryl/α,β-unsaturated/α-hetero) is 1. The molecule has 0 unspecified atom stereocenters. The molecule has 0 atom stereocenters. The largest absolute Gasteiger partial charge is 0.497 e. The maximum atomic E-state index is 13.2. The van der Waals surface area contributed by atoms with Crippen molar-refractivity contribution >= 4 is 23.1 Å². The summed E-state index contributed by atoms with van der Waals surface area (Å²) in [5, 5.41) is 0.348. The number of halogens is 2. The number of carbonyl (C=O) groups excluding carboxylic acids is 1. The Bertz CT molecular complexity index is 658. The van der Waals surface area contributed by atoms with Crippen LogP contribution in [0.15, 0.2) is 36.4 Å². The molecule has 20 heavy (non-hydrogen) atoms. The van der Waals surface area contributed by atoms with E-state index in [0.29, 0.717) is 27.6 Å². The molecule has 0 heterocycles. The summed E-state index contributed by atoms with van der Waals surface area (Å²) in [6.07, 6.45) is -0.0199. The molecule has 3 nitrogen and oxygen atoms in total. The van der Waals surface area contributed by atoms with E-state index >= 15 is 0 Å². The molecule has 2 rings (SSSR count). The second-order valence-corrected chi connectivity index (χ2v) is 4.70. The van der Waals surface area contributed by atoms with Crippen LogP contribution in [0.1, 0.15) is 15.9 Å². The lowest BCUT2D eigenvalue weighted by atomic mass is 10.0. The molecule has 0 aliphatic rings. The van der Waals surface area contributed by atoms with E-state index in [1.165, 1.54) is 25.3 Å². The number of nitrogens with two attached hydrogens (primary N) is 1. The minimum absolute atomic E-state index is 0.0199. The molecule has 0 saturated carbocycles. The van der Waals surface area contributed by atoms with E-state index in [1.807, 2.05) is 0 Å². The molecule has 0 radical (unpaired) electrons. The fourth-order valence-corrected chi connectivity index (χ4v) is 2.04. The van der Waals surface area contributed by atoms with E-state index in [0.717, 1.165) is 0 Å². The number of ether oxygens (including phenoxy) is 1. The lowest BCUT2D eigenvalue weighted by molar-refractivity contribution is 0.0993. The first-order valence-electron chi connectivity index (χ1n) is 5.92. The van der Waals surface area contributed by atoms with Gasteiger partial charge in [-0.3, -0.25) is 4.79 Å². The highest BCUT2D eigenvalue weighted by molar-refractivity contribution is 6.31. The Morgan fingerprint density at radius 2 is 2.05 bits per heavy atom. The molecular weight excluding hydrogens is 281 g/mol. The van der Waals surface area contributed by atoms with Gasteiger partial charge in [-0.15, -0.1) is 0 Å². The second-order valence-electron chi connectivity index (χ2n) is 4.29. The molecule has 0 spiro atoms. The summed E-state index contributed by atoms with van der Waals surface area (Å²) >= 11 is 5.95. The summed E-state index contributed by atoms with van der Waals surface area (Å²) in [7, 11) is 1.50. The van der Waals surface area contributed by atoms with Crippen molar-refractivity contribution in [3.63, 3.8) is 0 Å². The molecule has 2 N–H and O–H groups in total. The van der Waals surface area contributed by atoms with Gasteiger partial charge in [0.15, 0.2) is 5.78 Å². The van der Waals surface area contributed by atoms with Crippen LogP contribution in [0.3, 0.4) is 0 Å². The number of anilines is 1. The van der Waals surface area contributed by atoms with Gasteiger partial charge in [0.2, 0.25) is 0 Å². The molecule has 0 aliphatic carbocycles. The van der Waals surface area contributed by atoms with E-state index in [2.05, 4.69) is 0 Å². The van der Waals surface area contributed by atoms with Crippen molar-refractivity contribution in [2.45, 2.75) is 6.42 Å². The molecule has 0 aromatic heterocycles. The Hall–Kier alpha value is -2.07. The van der Waals surface area contributed by atoms with E-state index < -0.39 is 5.82 Å². The van der Waals surface area contributed by atoms with Crippen molar-refractivity contribution in [1.29, 1.82) is 0 Å². The van der Waals surface area contributed by atoms with Crippen molar-refractivity contribution in [2.24, 2.45) is 0 Å². The first-order chi connectivity index (χ1) is 9.51. The van der Waals surface area contributed by atoms with Crippen LogP contribution >= 0.6 is 11.6 Å². The number of ketones is 1. The molecule has 0 bridgehead atoms. The normalized spacial score (nSPS) is 10.3. The lowest BCUT2D eigenvalue weighted by Crippen LogP contribution is -2.08. The Labute approximate surface area is 121 Å². The van der Waals surface area contributed by atoms with Gasteiger partial charge in [-0.1, -0.05) is 11.6 Å². The first kappa shape index (κ1) is 14.3. The molecule has 5 heteroatoms. The topological polar surface area (TPSA) is 52.3 Å². The van der Waals surface area contributed by atoms with Gasteiger partial charge in [-0.2, -0.15) is 0 Å². The van der Waals surface area contributed by atoms with Crippen LogP contribution in [-0.4, -0.2) is 12.9 Å². The summed E-state index contributed by atoms with van der Waals surface area (Å²) in [6, 6.07) is 8.74. The Morgan fingerprint density at radius 1 is 1.30 bits per heavy atom. The van der Waals surface area contributed by atoms with Crippen LogP contribution in [0.4, 0.5) is 10.1 Å². The molecule has 0 fully saturated rings. The standard InChI is InChI=1S/C15H13ClFNO2/c1-20-11-3-5-14(18)12(8-11)15(19)7-9-6-10(17)2-4-13(9)16/h2-6,8H,7,18H2,1H3. The van der Waals surface area contributed by atoms with Crippen molar-refractivity contribution in [3.8, 4) is 5.75 Å². The number of methoxy groups -OCH3 is 1. The number of rotatable bonds is 4. The van der Waals surface area contributed by atoms with Gasteiger partial charge in [0.1, 0.15) is 11.6 Å². The Kier molecular flexibility index (Phi) is 4.25. The van der Waals surface area contributed by atoms with Gasteiger partial charge < -0.3 is 10.5 Å². The minimum Gasteiger partial charge on any atom is -0.497 e. The number of hydrogen-bond acceptors (Lipinski definition) is 3. The summed E-state index contributed by atoms with van der Waals surface area (Å²) in [6.45, 7) is 0. The van der Waals surface area contributed by atoms with E-state index in [1.54, 1.807) is 18.2 Å². The monoisotopic (exact) mass is 293 g/mol. The molecule has 0 aliphatic heterocycles. The molecule has 0 amide bonds. The molecule has 2 aromatic carbocycles. The second kappa shape index (κ2) is 5.92. The van der Waals surface area contributed by atoms with Crippen LogP contribution < -0.4 is 10.5 Å². The van der Waals surface area contributed by atoms with Crippen molar-refractivity contribution < 1.29 is 13.9 Å². The van der Waals surface area contributed by atoms with E-state index in [-0.39, 0.29) is 12.2 Å². The van der Waals surface area contributed by atoms with Crippen LogP contribution in [0, 0.1) is 5.82 Å². The third kappa shape index (κ3) is 3.08. The number of nitrogen functional groups attached to an aromatic ring is 1. The fourth-order valence-electron chi connectivity index (χ4n) is 1.85. The number of benzene rings is 2. The van der Waals surface area contributed by atoms with Gasteiger partial charge in [0, 0.05) is 22.7 Å². The third-order valence-electron chi connectivity index (χ3n) is 2.92. The van der Waals surface area contributed by atoms with Gasteiger partial charge in [-0.05, 0) is 42.0 Å². The fraction of sp³-hybridized carbons (Fsp3) is 0.133. The highest BCUT2D eigenvalue weighted by Gasteiger charge is 2.14. The van der Waals surface area contributed by atoms with Crippen molar-refractivity contribution in [2.75, 3.05) is 12.8 Å². The predicted octanol–water partition coefficient (Wildman–Crippen LogP) is 3.50. The summed E-state index contributed by atoms with van der Waals surface area (Å²) in [5.41, 5.74) is 6.90. The zero-order chi connectivity index (χ0) is 14.7. The molecule has 2 aromatic rings. The smallest absolute Gasteiger partial charge is 0.169 e. The summed E-state index contributed by atoms with van der Waals surface area (Å²) in [4.78, 5) is 12.2. The van der Waals surface area contributed by atoms with Crippen LogP contribution in [0.25, 0.3) is 0 Å². The molecular formula is C15H13ClFNO2. The van der Waals surface area contributed by atoms with Crippen LogP contribution in [0.5, 0.6) is 5.75 Å². The van der Waals surface area contributed by atoms with Crippen LogP contribution in [-0.2, 0) is 6.42 Å². The zero-order valence-corrected chi connectivity index (χ0v) is 11.6. The predicted molar refractivity (Wildman–Crippen MR) is 76.9 cm³/mol. The van der Waals surface area contributed by atoms with Crippen LogP contribution in [0.2, 0.25) is 5.02 Å². The zero-order valence-electron chi connectivity index (χ0n) is 10.8. The van der Waals surface area contributed by atoms with Gasteiger partial charge in [0.25, 0.3) is 0 Å². The van der Waals surface area contributed by atoms with Crippen molar-refractivity contribution in [1.82, 2.24) is 0 Å².